The summed E-state index contributed by atoms with van der Waals surface area (Å²) in [5, 5.41) is 0. The van der Waals surface area contributed by atoms with Gasteiger partial charge in [0, 0.05) is 0 Å². The van der Waals surface area contributed by atoms with Gasteiger partial charge >= 0.3 is 0 Å². The summed E-state index contributed by atoms with van der Waals surface area (Å²) in [7, 11) is 0. The summed E-state index contributed by atoms with van der Waals surface area (Å²) >= 11 is 7.28. The molecule has 0 aromatic carbocycles. The molecule has 0 rings (SSSR count). The van der Waals surface area contributed by atoms with Crippen LogP contribution in [-0.2, 0) is 0 Å². The quantitative estimate of drug-likeness (QED) is 0.509. The molecule has 0 unspecified atom stereocenters. The topological polar surface area (TPSA) is 40.5 Å². The fourth-order valence-corrected chi connectivity index (χ4v) is 0. The summed E-state index contributed by atoms with van der Waals surface area (Å²) in [6.07, 6.45) is 0. The van der Waals surface area contributed by atoms with Crippen molar-refractivity contribution in [3.8, 4) is 0 Å². The summed E-state index contributed by atoms with van der Waals surface area (Å²) in [6.45, 7) is 0. The molecule has 0 bridgehead atoms. The lowest BCUT2D eigenvalue weighted by Gasteiger charge is -1.13. The maximum Gasteiger partial charge on any atom is 0.0579 e. The largest absolute Gasteiger partial charge is 0.295 e. The van der Waals surface area contributed by atoms with E-state index in [1.807, 2.05) is 0 Å². The molecule has 0 aliphatic carbocycles. The Morgan fingerprint density at radius 1 is 0.800 bits per heavy atom. The number of halogens is 2. The number of hydrogen-bond donors (Lipinski definition) is 2. The highest BCUT2D eigenvalue weighted by atomic mass is 35.5. The Morgan fingerprint density at radius 2 is 0.800 bits per heavy atom. The van der Waals surface area contributed by atoms with E-state index < -0.39 is 0 Å². The van der Waals surface area contributed by atoms with Gasteiger partial charge in [0.15, 0.2) is 0 Å². The summed E-state index contributed by atoms with van der Waals surface area (Å²) in [5.74, 6) is 0. The molecule has 0 spiro atoms. The molecule has 0 amide bonds. The highest BCUT2D eigenvalue weighted by Crippen LogP contribution is 1.32. The van der Waals surface area contributed by atoms with E-state index in [0.29, 0.717) is 0 Å². The van der Waals surface area contributed by atoms with E-state index >= 15 is 0 Å². The zero-order valence-corrected chi connectivity index (χ0v) is 4.66. The Bertz CT molecular complexity index is 7.61. The third-order valence-corrected chi connectivity index (χ3v) is 0. The summed E-state index contributed by atoms with van der Waals surface area (Å²) < 4.78 is 12.9. The first kappa shape index (κ1) is 16.9. The smallest absolute Gasteiger partial charge is 0.0579 e. The van der Waals surface area contributed by atoms with Gasteiger partial charge in [-0.1, -0.05) is 0 Å². The first-order valence-electron chi connectivity index (χ1n) is 0.338. The van der Waals surface area contributed by atoms with Crippen LogP contribution in [0.1, 0.15) is 0 Å². The second-order valence-corrected chi connectivity index (χ2v) is 0. The Balaban J connectivity index is -0.0000000133. The molecule has 0 saturated heterocycles. The van der Waals surface area contributed by atoms with Crippen molar-refractivity contribution >= 4 is 37.2 Å². The van der Waals surface area contributed by atoms with Gasteiger partial charge in [0.2, 0.25) is 0 Å². The van der Waals surface area contributed by atoms with Crippen LogP contribution in [0.3, 0.4) is 0 Å². The maximum atomic E-state index is 6.47. The van der Waals surface area contributed by atoms with Crippen LogP contribution < -0.4 is 0 Å². The Hall–Kier alpha value is 0.850. The highest BCUT2D eigenvalue weighted by molar-refractivity contribution is 7.59. The van der Waals surface area contributed by atoms with Gasteiger partial charge in [0.1, 0.15) is 0 Å². The molecule has 36 valence electrons. The van der Waals surface area contributed by atoms with Gasteiger partial charge < -0.3 is 0 Å². The van der Waals surface area contributed by atoms with Crippen LogP contribution in [0.15, 0.2) is 0 Å². The normalized spacial score (nSPS) is 2.40. The van der Waals surface area contributed by atoms with Gasteiger partial charge in [-0.05, 0) is 0 Å². The summed E-state index contributed by atoms with van der Waals surface area (Å²) in [6, 6.07) is 0. The Kier molecular flexibility index (Phi) is 337. The molecule has 2 N–H and O–H groups in total. The molecule has 0 fully saturated rings. The lowest BCUT2D eigenvalue weighted by molar-refractivity contribution is 0.632. The first-order valence-corrected chi connectivity index (χ1v) is 1.01. The van der Waals surface area contributed by atoms with Gasteiger partial charge in [0.25, 0.3) is 0 Å². The minimum Gasteiger partial charge on any atom is -0.295 e. The molecule has 0 saturated carbocycles. The third kappa shape index (κ3) is 54.5. The standard InChI is InChI=1S/2ClHO.H2S/c2*1-2;/h2*2H;1H2. The molecule has 0 aliphatic heterocycles. The second-order valence-electron chi connectivity index (χ2n) is 0. The van der Waals surface area contributed by atoms with Crippen LogP contribution >= 0.6 is 37.2 Å². The van der Waals surface area contributed by atoms with E-state index in [9.17, 15) is 0 Å². The van der Waals surface area contributed by atoms with Crippen LogP contribution in [0.5, 0.6) is 0 Å². The minimum absolute atomic E-state index is 0. The zero-order valence-electron chi connectivity index (χ0n) is 2.15. The van der Waals surface area contributed by atoms with Crippen LogP contribution in [0, 0.1) is 0 Å². The fourth-order valence-electron chi connectivity index (χ4n) is 0. The highest BCUT2D eigenvalue weighted by Gasteiger charge is 0.899. The van der Waals surface area contributed by atoms with Gasteiger partial charge in [-0.2, -0.15) is 13.5 Å². The van der Waals surface area contributed by atoms with Crippen LogP contribution in [-0.4, -0.2) is 9.32 Å². The molecule has 0 atom stereocenters. The van der Waals surface area contributed by atoms with Crippen molar-refractivity contribution in [1.29, 1.82) is 0 Å². The molecule has 5 heavy (non-hydrogen) atoms. The lowest BCUT2D eigenvalue weighted by atomic mass is 15.9. The molecule has 0 aliphatic rings. The van der Waals surface area contributed by atoms with E-state index in [1.165, 1.54) is 0 Å². The summed E-state index contributed by atoms with van der Waals surface area (Å²) in [4.78, 5) is 0. The van der Waals surface area contributed by atoms with Gasteiger partial charge in [-0.25, -0.2) is 0 Å². The number of rotatable bonds is 0. The van der Waals surface area contributed by atoms with Crippen molar-refractivity contribution in [3.63, 3.8) is 0 Å². The SMILES string of the molecule is OCl.OCl.S. The monoisotopic (exact) mass is 138 g/mol. The van der Waals surface area contributed by atoms with E-state index in [0.717, 1.165) is 0 Å². The van der Waals surface area contributed by atoms with E-state index in [1.54, 1.807) is 0 Å². The summed E-state index contributed by atoms with van der Waals surface area (Å²) in [5.41, 5.74) is 0. The predicted octanol–water partition coefficient (Wildman–Crippen LogP) is 0.378. The lowest BCUT2D eigenvalue weighted by Crippen LogP contribution is -0.913. The van der Waals surface area contributed by atoms with E-state index in [2.05, 4.69) is 23.7 Å². The number of hydrogen-bond acceptors (Lipinski definition) is 2. The van der Waals surface area contributed by atoms with Crippen LogP contribution in [0.2, 0.25) is 0 Å². The van der Waals surface area contributed by atoms with Crippen molar-refractivity contribution < 1.29 is 9.32 Å². The van der Waals surface area contributed by atoms with Crippen molar-refractivity contribution in [3.05, 3.63) is 0 Å². The molecule has 0 radical (unpaired) electrons. The van der Waals surface area contributed by atoms with Crippen LogP contribution in [0.25, 0.3) is 0 Å². The first-order chi connectivity index (χ1) is 2.00. The van der Waals surface area contributed by atoms with Crippen molar-refractivity contribution in [1.82, 2.24) is 0 Å². The third-order valence-electron chi connectivity index (χ3n) is 0. The molecular weight excluding hydrogens is 135 g/mol. The molecule has 0 heterocycles. The zero-order chi connectivity index (χ0) is 4.00. The van der Waals surface area contributed by atoms with Crippen molar-refractivity contribution in [2.75, 3.05) is 0 Å². The molecule has 2 nitrogen and oxygen atoms in total. The van der Waals surface area contributed by atoms with Crippen molar-refractivity contribution in [2.24, 2.45) is 0 Å². The molecule has 5 heteroatoms. The second kappa shape index (κ2) is 99.5. The average Bonchev–Trinajstić information content (AvgIpc) is 1.50. The Labute approximate surface area is 47.1 Å². The van der Waals surface area contributed by atoms with Crippen LogP contribution in [0.4, 0.5) is 0 Å². The molecule has 0 aromatic heterocycles. The van der Waals surface area contributed by atoms with E-state index in [4.69, 9.17) is 9.32 Å². The van der Waals surface area contributed by atoms with Gasteiger partial charge in [-0.3, -0.25) is 9.32 Å². The van der Waals surface area contributed by atoms with Gasteiger partial charge in [0.05, 0.1) is 23.7 Å². The average molecular weight is 139 g/mol. The van der Waals surface area contributed by atoms with Crippen molar-refractivity contribution in [2.45, 2.75) is 0 Å². The Morgan fingerprint density at radius 3 is 0.800 bits per heavy atom. The fraction of sp³-hybridized carbons (Fsp3) is 0. The molecule has 0 aromatic rings. The van der Waals surface area contributed by atoms with Gasteiger partial charge in [-0.15, -0.1) is 0 Å². The maximum absolute atomic E-state index is 6.47. The van der Waals surface area contributed by atoms with E-state index in [-0.39, 0.29) is 13.5 Å². The minimum atomic E-state index is 0. The molecular formula is H4Cl2O2S. The predicted molar refractivity (Wildman–Crippen MR) is 26.5 cm³/mol.